The number of rotatable bonds is 9. The van der Waals surface area contributed by atoms with Crippen LogP contribution in [-0.2, 0) is 9.31 Å². The predicted molar refractivity (Wildman–Crippen MR) is 57.1 cm³/mol. The van der Waals surface area contributed by atoms with Crippen LogP contribution in [0.2, 0.25) is 6.32 Å². The van der Waals surface area contributed by atoms with Crippen LogP contribution in [0, 0.1) is 0 Å². The van der Waals surface area contributed by atoms with Gasteiger partial charge in [-0.1, -0.05) is 11.5 Å². The maximum absolute atomic E-state index is 8.05. The summed E-state index contributed by atoms with van der Waals surface area (Å²) in [4.78, 5) is 2.69. The van der Waals surface area contributed by atoms with Gasteiger partial charge in [0.2, 0.25) is 0 Å². The summed E-state index contributed by atoms with van der Waals surface area (Å²) < 4.78 is 10.7. The fourth-order valence-corrected chi connectivity index (χ4v) is 1.12. The third-order valence-electron chi connectivity index (χ3n) is 1.72. The molecule has 0 aliphatic rings. The van der Waals surface area contributed by atoms with Crippen molar-refractivity contribution in [1.29, 1.82) is 0 Å². The van der Waals surface area contributed by atoms with Gasteiger partial charge in [0.25, 0.3) is 0 Å². The molecule has 0 unspecified atom stereocenters. The molecule has 6 heteroatoms. The smallest absolute Gasteiger partial charge is 0.411 e. The molecule has 0 rings (SSSR count). The quantitative estimate of drug-likeness (QED) is 0.188. The Morgan fingerprint density at radius 2 is 1.86 bits per heavy atom. The van der Waals surface area contributed by atoms with Crippen LogP contribution in [0.15, 0.2) is 5.11 Å². The second-order valence-electron chi connectivity index (χ2n) is 2.79. The van der Waals surface area contributed by atoms with Crippen molar-refractivity contribution in [2.24, 2.45) is 5.11 Å². The van der Waals surface area contributed by atoms with Crippen molar-refractivity contribution in [1.82, 2.24) is 0 Å². The van der Waals surface area contributed by atoms with Crippen molar-refractivity contribution in [3.8, 4) is 0 Å². The van der Waals surface area contributed by atoms with Crippen molar-refractivity contribution in [3.63, 3.8) is 0 Å². The third-order valence-corrected chi connectivity index (χ3v) is 1.72. The molecule has 0 aromatic carbocycles. The molecule has 0 aliphatic heterocycles. The lowest BCUT2D eigenvalue weighted by Gasteiger charge is -2.11. The molecule has 0 heterocycles. The minimum Gasteiger partial charge on any atom is -0.411 e. The highest BCUT2D eigenvalue weighted by Crippen LogP contribution is 2.04. The van der Waals surface area contributed by atoms with Gasteiger partial charge in [-0.25, -0.2) is 0 Å². The van der Waals surface area contributed by atoms with E-state index in [2.05, 4.69) is 10.0 Å². The van der Waals surface area contributed by atoms with E-state index in [1.165, 1.54) is 0 Å². The summed E-state index contributed by atoms with van der Waals surface area (Å²) in [6.45, 7) is 5.79. The monoisotopic (exact) mass is 199 g/mol. The topological polar surface area (TPSA) is 67.2 Å². The lowest BCUT2D eigenvalue weighted by Crippen LogP contribution is -2.22. The largest absolute Gasteiger partial charge is 0.456 e. The number of hydrogen-bond donors (Lipinski definition) is 0. The van der Waals surface area contributed by atoms with Gasteiger partial charge in [0, 0.05) is 24.7 Å². The lowest BCUT2D eigenvalue weighted by molar-refractivity contribution is 0.212. The van der Waals surface area contributed by atoms with Gasteiger partial charge in [0.1, 0.15) is 0 Å². The summed E-state index contributed by atoms with van der Waals surface area (Å²) in [6.07, 6.45) is 2.72. The van der Waals surface area contributed by atoms with E-state index < -0.39 is 0 Å². The van der Waals surface area contributed by atoms with Crippen LogP contribution in [-0.4, -0.2) is 26.9 Å². The summed E-state index contributed by atoms with van der Waals surface area (Å²) in [6, 6.07) is 0. The molecule has 0 bridgehead atoms. The molecule has 0 aliphatic carbocycles. The standard InChI is InChI=1S/C8H18BN3O2/c1-3-13-9(14-4-2)7-5-6-8-11-12-10/h3-8H2,1-2H3. The highest BCUT2D eigenvalue weighted by Gasteiger charge is 2.15. The van der Waals surface area contributed by atoms with Crippen LogP contribution in [0.5, 0.6) is 0 Å². The number of azide groups is 1. The normalized spacial score (nSPS) is 9.57. The van der Waals surface area contributed by atoms with E-state index in [0.29, 0.717) is 19.8 Å². The van der Waals surface area contributed by atoms with Gasteiger partial charge < -0.3 is 9.31 Å². The van der Waals surface area contributed by atoms with Crippen LogP contribution in [0.1, 0.15) is 26.7 Å². The second-order valence-corrected chi connectivity index (χ2v) is 2.79. The fraction of sp³-hybridized carbons (Fsp3) is 1.00. The summed E-state index contributed by atoms with van der Waals surface area (Å²) >= 11 is 0. The minimum atomic E-state index is -0.101. The van der Waals surface area contributed by atoms with Crippen molar-refractivity contribution in [2.45, 2.75) is 33.0 Å². The first-order chi connectivity index (χ1) is 6.85. The maximum Gasteiger partial charge on any atom is 0.456 e. The molecule has 80 valence electrons. The van der Waals surface area contributed by atoms with Crippen molar-refractivity contribution < 1.29 is 9.31 Å². The Hall–Kier alpha value is -0.705. The van der Waals surface area contributed by atoms with Gasteiger partial charge >= 0.3 is 7.12 Å². The van der Waals surface area contributed by atoms with Crippen LogP contribution in [0.25, 0.3) is 10.4 Å². The second kappa shape index (κ2) is 10.4. The Balaban J connectivity index is 3.44. The first-order valence-electron chi connectivity index (χ1n) is 5.09. The summed E-state index contributed by atoms with van der Waals surface area (Å²) in [5, 5.41) is 3.46. The molecule has 5 nitrogen and oxygen atoms in total. The summed E-state index contributed by atoms with van der Waals surface area (Å²) in [7, 11) is -0.101. The van der Waals surface area contributed by atoms with E-state index in [-0.39, 0.29) is 7.12 Å². The Morgan fingerprint density at radius 3 is 2.36 bits per heavy atom. The molecule has 0 fully saturated rings. The Bertz CT molecular complexity index is 168. The molecule has 0 spiro atoms. The van der Waals surface area contributed by atoms with Gasteiger partial charge in [-0.15, -0.1) is 0 Å². The molecule has 0 amide bonds. The number of nitrogens with zero attached hydrogens (tertiary/aromatic N) is 3. The zero-order valence-corrected chi connectivity index (χ0v) is 8.98. The van der Waals surface area contributed by atoms with Crippen LogP contribution in [0.3, 0.4) is 0 Å². The van der Waals surface area contributed by atoms with Gasteiger partial charge in [0.15, 0.2) is 0 Å². The Morgan fingerprint density at radius 1 is 1.21 bits per heavy atom. The highest BCUT2D eigenvalue weighted by molar-refractivity contribution is 6.44. The number of hydrogen-bond acceptors (Lipinski definition) is 3. The molecule has 0 saturated heterocycles. The van der Waals surface area contributed by atoms with Gasteiger partial charge in [-0.2, -0.15) is 0 Å². The van der Waals surface area contributed by atoms with Crippen LogP contribution in [0.4, 0.5) is 0 Å². The maximum atomic E-state index is 8.05. The van der Waals surface area contributed by atoms with Gasteiger partial charge in [-0.3, -0.25) is 0 Å². The summed E-state index contributed by atoms with van der Waals surface area (Å²) in [5.74, 6) is 0. The average molecular weight is 199 g/mol. The molecule has 0 aromatic rings. The predicted octanol–water partition coefficient (Wildman–Crippen LogP) is 2.64. The molecule has 0 radical (unpaired) electrons. The van der Waals surface area contributed by atoms with E-state index in [4.69, 9.17) is 14.8 Å². The number of unbranched alkanes of at least 4 members (excludes halogenated alkanes) is 1. The van der Waals surface area contributed by atoms with E-state index >= 15 is 0 Å². The molecule has 0 N–H and O–H groups in total. The fourth-order valence-electron chi connectivity index (χ4n) is 1.12. The Kier molecular flexibility index (Phi) is 9.85. The van der Waals surface area contributed by atoms with E-state index in [0.717, 1.165) is 19.2 Å². The van der Waals surface area contributed by atoms with Crippen molar-refractivity contribution in [3.05, 3.63) is 10.4 Å². The third kappa shape index (κ3) is 7.92. The van der Waals surface area contributed by atoms with E-state index in [9.17, 15) is 0 Å². The van der Waals surface area contributed by atoms with Crippen molar-refractivity contribution in [2.75, 3.05) is 19.8 Å². The van der Waals surface area contributed by atoms with Gasteiger partial charge in [-0.05, 0) is 32.1 Å². The van der Waals surface area contributed by atoms with Crippen LogP contribution < -0.4 is 0 Å². The lowest BCUT2D eigenvalue weighted by atomic mass is 9.82. The molecule has 0 saturated carbocycles. The Labute approximate surface area is 85.5 Å². The zero-order valence-electron chi connectivity index (χ0n) is 8.98. The van der Waals surface area contributed by atoms with E-state index in [1.807, 2.05) is 13.8 Å². The van der Waals surface area contributed by atoms with Gasteiger partial charge in [0.05, 0.1) is 0 Å². The SMILES string of the molecule is CCOB(CCCCN=[N+]=[N-])OCC. The van der Waals surface area contributed by atoms with E-state index in [1.54, 1.807) is 0 Å². The molecular weight excluding hydrogens is 181 g/mol. The minimum absolute atomic E-state index is 0.101. The first kappa shape index (κ1) is 13.3. The van der Waals surface area contributed by atoms with Crippen molar-refractivity contribution >= 4 is 7.12 Å². The average Bonchev–Trinajstić information content (AvgIpc) is 2.18. The molecular formula is C8H18BN3O2. The van der Waals surface area contributed by atoms with Crippen LogP contribution >= 0.6 is 0 Å². The molecule has 14 heavy (non-hydrogen) atoms. The zero-order chi connectivity index (χ0) is 10.6. The first-order valence-corrected chi connectivity index (χ1v) is 5.09. The highest BCUT2D eigenvalue weighted by atomic mass is 16.6. The molecule has 0 atom stereocenters. The summed E-state index contributed by atoms with van der Waals surface area (Å²) in [5.41, 5.74) is 8.05. The molecule has 0 aromatic heterocycles.